The van der Waals surface area contributed by atoms with Crippen molar-refractivity contribution in [1.82, 2.24) is 15.1 Å². The van der Waals surface area contributed by atoms with E-state index in [0.29, 0.717) is 29.5 Å². The molecule has 0 aliphatic carbocycles. The summed E-state index contributed by atoms with van der Waals surface area (Å²) in [7, 11) is 2.07. The Hall–Kier alpha value is -3.46. The van der Waals surface area contributed by atoms with E-state index >= 15 is 0 Å². The maximum atomic E-state index is 13.1. The van der Waals surface area contributed by atoms with Crippen LogP contribution < -0.4 is 16.4 Å². The zero-order chi connectivity index (χ0) is 22.8. The fraction of sp³-hybridized carbons (Fsp3) is 0.348. The Morgan fingerprint density at radius 3 is 2.50 bits per heavy atom. The second kappa shape index (κ2) is 8.96. The van der Waals surface area contributed by atoms with Gasteiger partial charge < -0.3 is 21.3 Å². The molecule has 3 aliphatic heterocycles. The molecule has 2 bridgehead atoms. The number of anilines is 2. The van der Waals surface area contributed by atoms with Crippen LogP contribution in [0.5, 0.6) is 0 Å². The Labute approximate surface area is 186 Å². The summed E-state index contributed by atoms with van der Waals surface area (Å²) in [6.07, 6.45) is 2.01. The van der Waals surface area contributed by atoms with Gasteiger partial charge in [-0.2, -0.15) is 0 Å². The SMILES string of the molecule is CN1CC2CCC1CN2C(=O)C(=N)c1cc(NC(=O)NCc2ccc(F)cc2)ccc1N. The van der Waals surface area contributed by atoms with Crippen LogP contribution in [0.15, 0.2) is 42.5 Å². The number of urea groups is 1. The first-order valence-corrected chi connectivity index (χ1v) is 10.6. The van der Waals surface area contributed by atoms with Crippen molar-refractivity contribution in [2.24, 2.45) is 0 Å². The van der Waals surface area contributed by atoms with Crippen molar-refractivity contribution in [3.63, 3.8) is 0 Å². The zero-order valence-corrected chi connectivity index (χ0v) is 17.9. The highest BCUT2D eigenvalue weighted by atomic mass is 19.1. The third kappa shape index (κ3) is 4.57. The smallest absolute Gasteiger partial charge is 0.319 e. The molecule has 2 atom stereocenters. The zero-order valence-electron chi connectivity index (χ0n) is 17.9. The van der Waals surface area contributed by atoms with Crippen LogP contribution in [0.1, 0.15) is 24.0 Å². The lowest BCUT2D eigenvalue weighted by Crippen LogP contribution is -2.63. The summed E-state index contributed by atoms with van der Waals surface area (Å²) in [4.78, 5) is 29.4. The number of benzene rings is 2. The summed E-state index contributed by atoms with van der Waals surface area (Å²) in [6.45, 7) is 1.66. The molecule has 3 fully saturated rings. The fourth-order valence-corrected chi connectivity index (χ4v) is 4.36. The molecule has 2 aromatic carbocycles. The van der Waals surface area contributed by atoms with Gasteiger partial charge in [-0.25, -0.2) is 9.18 Å². The molecule has 9 heteroatoms. The van der Waals surface area contributed by atoms with Gasteiger partial charge in [-0.1, -0.05) is 12.1 Å². The lowest BCUT2D eigenvalue weighted by atomic mass is 9.90. The summed E-state index contributed by atoms with van der Waals surface area (Å²) in [5, 5.41) is 13.9. The number of piperidine rings is 2. The van der Waals surface area contributed by atoms with E-state index < -0.39 is 6.03 Å². The summed E-state index contributed by atoms with van der Waals surface area (Å²) in [6, 6.07) is 10.6. The van der Waals surface area contributed by atoms with Crippen LogP contribution in [-0.2, 0) is 11.3 Å². The summed E-state index contributed by atoms with van der Waals surface area (Å²) in [5.41, 5.74) is 7.66. The largest absolute Gasteiger partial charge is 0.398 e. The van der Waals surface area contributed by atoms with Gasteiger partial charge in [-0.3, -0.25) is 15.1 Å². The lowest BCUT2D eigenvalue weighted by molar-refractivity contribution is -0.133. The molecule has 5 rings (SSSR count). The molecular formula is C23H27FN6O2. The second-order valence-electron chi connectivity index (χ2n) is 8.39. The highest BCUT2D eigenvalue weighted by Gasteiger charge is 2.40. The van der Waals surface area contributed by atoms with Crippen molar-refractivity contribution in [2.75, 3.05) is 31.2 Å². The summed E-state index contributed by atoms with van der Waals surface area (Å²) < 4.78 is 13.0. The number of halogens is 1. The van der Waals surface area contributed by atoms with Crippen molar-refractivity contribution in [3.05, 3.63) is 59.4 Å². The third-order valence-corrected chi connectivity index (χ3v) is 6.22. The number of hydrogen-bond acceptors (Lipinski definition) is 5. The first kappa shape index (κ1) is 21.8. The van der Waals surface area contributed by atoms with E-state index in [9.17, 15) is 14.0 Å². The van der Waals surface area contributed by atoms with Crippen molar-refractivity contribution < 1.29 is 14.0 Å². The Balaban J connectivity index is 1.40. The minimum atomic E-state index is -0.459. The molecule has 5 N–H and O–H groups in total. The minimum absolute atomic E-state index is 0.109. The number of nitrogens with zero attached hydrogens (tertiary/aromatic N) is 2. The van der Waals surface area contributed by atoms with Gasteiger partial charge in [0.2, 0.25) is 0 Å². The fourth-order valence-electron chi connectivity index (χ4n) is 4.36. The second-order valence-corrected chi connectivity index (χ2v) is 8.39. The van der Waals surface area contributed by atoms with Gasteiger partial charge in [0, 0.05) is 48.7 Å². The number of rotatable bonds is 5. The van der Waals surface area contributed by atoms with Crippen molar-refractivity contribution in [3.8, 4) is 0 Å². The molecule has 0 aromatic heterocycles. The number of nitrogens with one attached hydrogen (secondary N) is 3. The standard InChI is InChI=1S/C23H27FN6O2/c1-29-12-18-8-7-17(29)13-30(18)22(31)21(26)19-10-16(6-9-20(19)25)28-23(32)27-11-14-2-4-15(24)5-3-14/h2-6,9-10,17-18,26H,7-8,11-13,25H2,1H3,(H2,27,28,32). The Morgan fingerprint density at radius 1 is 1.12 bits per heavy atom. The predicted octanol–water partition coefficient (Wildman–Crippen LogP) is 2.40. The van der Waals surface area contributed by atoms with Crippen molar-refractivity contribution in [2.45, 2.75) is 31.5 Å². The molecule has 0 saturated carbocycles. The number of nitrogens with two attached hydrogens (primary N) is 1. The minimum Gasteiger partial charge on any atom is -0.398 e. The lowest BCUT2D eigenvalue weighted by Gasteiger charge is -2.50. The molecule has 3 amide bonds. The van der Waals surface area contributed by atoms with Gasteiger partial charge >= 0.3 is 6.03 Å². The topological polar surface area (TPSA) is 115 Å². The monoisotopic (exact) mass is 438 g/mol. The highest BCUT2D eigenvalue weighted by molar-refractivity contribution is 6.45. The molecule has 3 saturated heterocycles. The number of carbonyl (C=O) groups is 2. The predicted molar refractivity (Wildman–Crippen MR) is 121 cm³/mol. The number of fused-ring (bicyclic) bond motifs is 3. The van der Waals surface area contributed by atoms with Gasteiger partial charge in [0.25, 0.3) is 5.91 Å². The van der Waals surface area contributed by atoms with Crippen LogP contribution in [0.4, 0.5) is 20.6 Å². The average molecular weight is 439 g/mol. The van der Waals surface area contributed by atoms with E-state index in [1.807, 2.05) is 0 Å². The van der Waals surface area contributed by atoms with Crippen LogP contribution in [0.3, 0.4) is 0 Å². The highest BCUT2D eigenvalue weighted by Crippen LogP contribution is 2.29. The summed E-state index contributed by atoms with van der Waals surface area (Å²) >= 11 is 0. The number of likely N-dealkylation sites (N-methyl/N-ethyl adjacent to an activating group) is 1. The quantitative estimate of drug-likeness (QED) is 0.424. The number of nitrogen functional groups attached to an aromatic ring is 1. The number of amides is 3. The number of piperazine rings is 1. The molecule has 8 nitrogen and oxygen atoms in total. The molecular weight excluding hydrogens is 411 g/mol. The first-order valence-electron chi connectivity index (χ1n) is 10.6. The summed E-state index contributed by atoms with van der Waals surface area (Å²) in [5.74, 6) is -0.675. The Bertz CT molecular complexity index is 1040. The van der Waals surface area contributed by atoms with E-state index in [2.05, 4.69) is 22.6 Å². The van der Waals surface area contributed by atoms with Crippen LogP contribution in [0, 0.1) is 11.2 Å². The molecule has 32 heavy (non-hydrogen) atoms. The van der Waals surface area contributed by atoms with E-state index in [-0.39, 0.29) is 30.0 Å². The maximum Gasteiger partial charge on any atom is 0.319 e. The van der Waals surface area contributed by atoms with E-state index in [4.69, 9.17) is 11.1 Å². The van der Waals surface area contributed by atoms with Gasteiger partial charge in [0.05, 0.1) is 0 Å². The van der Waals surface area contributed by atoms with E-state index in [1.54, 1.807) is 35.2 Å². The van der Waals surface area contributed by atoms with Crippen LogP contribution in [0.2, 0.25) is 0 Å². The maximum absolute atomic E-state index is 13.1. The molecule has 168 valence electrons. The Kier molecular flexibility index (Phi) is 6.09. The van der Waals surface area contributed by atoms with Gasteiger partial charge in [-0.05, 0) is 55.8 Å². The average Bonchev–Trinajstić information content (AvgIpc) is 2.79. The molecule has 0 radical (unpaired) electrons. The number of carbonyl (C=O) groups excluding carboxylic acids is 2. The molecule has 0 spiro atoms. The first-order chi connectivity index (χ1) is 15.3. The number of hydrogen-bond donors (Lipinski definition) is 4. The Morgan fingerprint density at radius 2 is 1.84 bits per heavy atom. The molecule has 2 unspecified atom stereocenters. The van der Waals surface area contributed by atoms with Crippen LogP contribution in [0.25, 0.3) is 0 Å². The molecule has 3 aliphatic rings. The van der Waals surface area contributed by atoms with Gasteiger partial charge in [0.15, 0.2) is 0 Å². The van der Waals surface area contributed by atoms with Crippen LogP contribution >= 0.6 is 0 Å². The van der Waals surface area contributed by atoms with Gasteiger partial charge in [-0.15, -0.1) is 0 Å². The molecule has 2 aromatic rings. The van der Waals surface area contributed by atoms with E-state index in [1.165, 1.54) is 12.1 Å². The van der Waals surface area contributed by atoms with Crippen molar-refractivity contribution >= 4 is 29.0 Å². The molecule has 3 heterocycles. The van der Waals surface area contributed by atoms with Crippen molar-refractivity contribution in [1.29, 1.82) is 5.41 Å². The van der Waals surface area contributed by atoms with E-state index in [0.717, 1.165) is 24.9 Å². The third-order valence-electron chi connectivity index (χ3n) is 6.22. The van der Waals surface area contributed by atoms with Crippen LogP contribution in [-0.4, -0.2) is 59.7 Å². The van der Waals surface area contributed by atoms with Gasteiger partial charge in [0.1, 0.15) is 11.5 Å². The normalized spacial score (nSPS) is 20.1.